The fourth-order valence-corrected chi connectivity index (χ4v) is 5.55. The maximum atomic E-state index is 12.7. The summed E-state index contributed by atoms with van der Waals surface area (Å²) in [5.41, 5.74) is 2.77. The molecule has 0 fully saturated rings. The number of benzene rings is 1. The lowest BCUT2D eigenvalue weighted by Gasteiger charge is -2.09. The molecule has 3 heterocycles. The van der Waals surface area contributed by atoms with E-state index in [-0.39, 0.29) is 5.56 Å². The number of hydrogen-bond donors (Lipinski definition) is 1. The van der Waals surface area contributed by atoms with Gasteiger partial charge in [-0.05, 0) is 37.8 Å². The number of fused-ring (bicyclic) bond motifs is 3. The molecule has 0 atom stereocenters. The van der Waals surface area contributed by atoms with Crippen LogP contribution in [0.15, 0.2) is 40.3 Å². The molecule has 9 heteroatoms. The third-order valence-electron chi connectivity index (χ3n) is 4.99. The SMILES string of the molecule is COc1ccccc1-c1nc(SCc2cc(=O)n3c4c(sc3n2)CCCC4)n[nH]1. The number of nitrogens with zero attached hydrogens (tertiary/aromatic N) is 4. The van der Waals surface area contributed by atoms with Gasteiger partial charge in [0.15, 0.2) is 10.8 Å². The van der Waals surface area contributed by atoms with Crippen LogP contribution in [0, 0.1) is 0 Å². The number of aryl methyl sites for hydroxylation is 2. The largest absolute Gasteiger partial charge is 0.496 e. The molecule has 0 spiro atoms. The quantitative estimate of drug-likeness (QED) is 0.491. The first-order valence-electron chi connectivity index (χ1n) is 9.45. The normalized spacial score (nSPS) is 13.6. The summed E-state index contributed by atoms with van der Waals surface area (Å²) in [5.74, 6) is 1.93. The van der Waals surface area contributed by atoms with E-state index in [0.29, 0.717) is 16.7 Å². The Balaban J connectivity index is 1.37. The van der Waals surface area contributed by atoms with E-state index >= 15 is 0 Å². The van der Waals surface area contributed by atoms with Gasteiger partial charge in [-0.25, -0.2) is 9.97 Å². The van der Waals surface area contributed by atoms with Gasteiger partial charge in [-0.3, -0.25) is 14.3 Å². The summed E-state index contributed by atoms with van der Waals surface area (Å²) < 4.78 is 7.18. The van der Waals surface area contributed by atoms with Gasteiger partial charge in [0.05, 0.1) is 18.4 Å². The summed E-state index contributed by atoms with van der Waals surface area (Å²) in [6.07, 6.45) is 4.35. The number of hydrogen-bond acceptors (Lipinski definition) is 7. The van der Waals surface area contributed by atoms with Crippen molar-refractivity contribution in [3.8, 4) is 17.1 Å². The molecule has 29 heavy (non-hydrogen) atoms. The van der Waals surface area contributed by atoms with Gasteiger partial charge in [-0.15, -0.1) is 16.4 Å². The zero-order chi connectivity index (χ0) is 19.8. The first-order chi connectivity index (χ1) is 14.2. The molecule has 1 aliphatic rings. The molecule has 1 aromatic carbocycles. The van der Waals surface area contributed by atoms with E-state index in [2.05, 4.69) is 15.2 Å². The molecular formula is C20H19N5O2S2. The molecule has 3 aromatic heterocycles. The van der Waals surface area contributed by atoms with Crippen LogP contribution < -0.4 is 10.3 Å². The number of methoxy groups -OCH3 is 1. The van der Waals surface area contributed by atoms with Gasteiger partial charge < -0.3 is 4.74 Å². The number of thiazole rings is 1. The highest BCUT2D eigenvalue weighted by Gasteiger charge is 2.19. The highest BCUT2D eigenvalue weighted by Crippen LogP contribution is 2.30. The maximum Gasteiger partial charge on any atom is 0.259 e. The Bertz CT molecular complexity index is 1240. The van der Waals surface area contributed by atoms with Crippen molar-refractivity contribution < 1.29 is 4.74 Å². The van der Waals surface area contributed by atoms with E-state index in [1.807, 2.05) is 24.3 Å². The average molecular weight is 426 g/mol. The van der Waals surface area contributed by atoms with Gasteiger partial charge in [0.25, 0.3) is 5.56 Å². The van der Waals surface area contributed by atoms with Crippen molar-refractivity contribution in [3.05, 3.63) is 57.0 Å². The number of thioether (sulfide) groups is 1. The van der Waals surface area contributed by atoms with Crippen molar-refractivity contribution in [2.45, 2.75) is 36.6 Å². The second-order valence-corrected chi connectivity index (χ2v) is 8.84. The number of H-pyrrole nitrogens is 1. The lowest BCUT2D eigenvalue weighted by molar-refractivity contribution is 0.416. The standard InChI is InChI=1S/C20H19N5O2S2/c1-27-15-8-4-2-6-13(15)18-22-19(24-23-18)28-11-12-10-17(26)25-14-7-3-5-9-16(14)29-20(25)21-12/h2,4,6,8,10H,3,5,7,9,11H2,1H3,(H,22,23,24). The summed E-state index contributed by atoms with van der Waals surface area (Å²) in [5, 5.41) is 7.85. The Labute approximate surface area is 175 Å². The van der Waals surface area contributed by atoms with E-state index < -0.39 is 0 Å². The minimum Gasteiger partial charge on any atom is -0.496 e. The van der Waals surface area contributed by atoms with Crippen LogP contribution in [0.3, 0.4) is 0 Å². The van der Waals surface area contributed by atoms with Crippen LogP contribution in [0.2, 0.25) is 0 Å². The number of aromatic amines is 1. The van der Waals surface area contributed by atoms with Crippen LogP contribution in [0.25, 0.3) is 16.3 Å². The van der Waals surface area contributed by atoms with Gasteiger partial charge in [0, 0.05) is 22.4 Å². The molecule has 148 valence electrons. The Morgan fingerprint density at radius 1 is 1.24 bits per heavy atom. The van der Waals surface area contributed by atoms with E-state index in [1.54, 1.807) is 28.9 Å². The highest BCUT2D eigenvalue weighted by atomic mass is 32.2. The topological polar surface area (TPSA) is 85.2 Å². The zero-order valence-corrected chi connectivity index (χ0v) is 17.5. The third-order valence-corrected chi connectivity index (χ3v) is 7.01. The fourth-order valence-electron chi connectivity index (χ4n) is 3.63. The summed E-state index contributed by atoms with van der Waals surface area (Å²) in [6, 6.07) is 9.30. The molecule has 0 aliphatic heterocycles. The van der Waals surface area contributed by atoms with Crippen LogP contribution in [0.4, 0.5) is 0 Å². The molecule has 0 unspecified atom stereocenters. The van der Waals surface area contributed by atoms with Crippen molar-refractivity contribution in [1.29, 1.82) is 0 Å². The van der Waals surface area contributed by atoms with Crippen LogP contribution in [-0.4, -0.2) is 31.7 Å². The first-order valence-corrected chi connectivity index (χ1v) is 11.2. The Kier molecular flexibility index (Phi) is 4.84. The maximum absolute atomic E-state index is 12.7. The van der Waals surface area contributed by atoms with E-state index in [9.17, 15) is 4.79 Å². The Morgan fingerprint density at radius 2 is 2.10 bits per heavy atom. The van der Waals surface area contributed by atoms with Crippen molar-refractivity contribution in [2.24, 2.45) is 0 Å². The van der Waals surface area contributed by atoms with Crippen molar-refractivity contribution in [2.75, 3.05) is 7.11 Å². The third kappa shape index (κ3) is 3.44. The molecule has 4 aromatic rings. The monoisotopic (exact) mass is 425 g/mol. The molecule has 5 rings (SSSR count). The van der Waals surface area contributed by atoms with Gasteiger partial charge in [-0.2, -0.15) is 0 Å². The molecule has 7 nitrogen and oxygen atoms in total. The Morgan fingerprint density at radius 3 is 3.00 bits per heavy atom. The smallest absolute Gasteiger partial charge is 0.259 e. The molecular weight excluding hydrogens is 406 g/mol. The summed E-state index contributed by atoms with van der Waals surface area (Å²) >= 11 is 3.10. The second-order valence-electron chi connectivity index (χ2n) is 6.84. The van der Waals surface area contributed by atoms with Crippen LogP contribution in [0.1, 0.15) is 29.1 Å². The number of aromatic nitrogens is 5. The summed E-state index contributed by atoms with van der Waals surface area (Å²) in [4.78, 5) is 24.0. The van der Waals surface area contributed by atoms with Gasteiger partial charge >= 0.3 is 0 Å². The lowest BCUT2D eigenvalue weighted by Crippen LogP contribution is -2.17. The number of ether oxygens (including phenoxy) is 1. The molecule has 1 N–H and O–H groups in total. The number of rotatable bonds is 5. The Hall–Kier alpha value is -2.65. The summed E-state index contributed by atoms with van der Waals surface area (Å²) in [7, 11) is 1.63. The number of para-hydroxylation sites is 1. The van der Waals surface area contributed by atoms with Gasteiger partial charge in [0.2, 0.25) is 5.16 Å². The van der Waals surface area contributed by atoms with Crippen LogP contribution in [0.5, 0.6) is 5.75 Å². The molecule has 0 radical (unpaired) electrons. The van der Waals surface area contributed by atoms with Gasteiger partial charge in [0.1, 0.15) is 5.75 Å². The van der Waals surface area contributed by atoms with E-state index in [1.165, 1.54) is 23.1 Å². The van der Waals surface area contributed by atoms with Crippen molar-refractivity contribution in [1.82, 2.24) is 24.6 Å². The molecule has 1 aliphatic carbocycles. The van der Waals surface area contributed by atoms with Crippen LogP contribution in [-0.2, 0) is 18.6 Å². The van der Waals surface area contributed by atoms with E-state index in [4.69, 9.17) is 9.72 Å². The average Bonchev–Trinajstić information content (AvgIpc) is 3.36. The van der Waals surface area contributed by atoms with Crippen LogP contribution >= 0.6 is 23.1 Å². The minimum atomic E-state index is 0.00898. The fraction of sp³-hybridized carbons (Fsp3) is 0.300. The summed E-state index contributed by atoms with van der Waals surface area (Å²) in [6.45, 7) is 0. The van der Waals surface area contributed by atoms with Crippen molar-refractivity contribution in [3.63, 3.8) is 0 Å². The second kappa shape index (κ2) is 7.64. The van der Waals surface area contributed by atoms with Crippen molar-refractivity contribution >= 4 is 28.1 Å². The molecule has 0 amide bonds. The number of nitrogens with one attached hydrogen (secondary N) is 1. The molecule has 0 saturated heterocycles. The first kappa shape index (κ1) is 18.4. The minimum absolute atomic E-state index is 0.00898. The zero-order valence-electron chi connectivity index (χ0n) is 15.8. The molecule has 0 bridgehead atoms. The highest BCUT2D eigenvalue weighted by molar-refractivity contribution is 7.98. The molecule has 0 saturated carbocycles. The predicted octanol–water partition coefficient (Wildman–Crippen LogP) is 3.72. The lowest BCUT2D eigenvalue weighted by atomic mass is 10.0. The predicted molar refractivity (Wildman–Crippen MR) is 114 cm³/mol. The van der Waals surface area contributed by atoms with E-state index in [0.717, 1.165) is 46.9 Å². The van der Waals surface area contributed by atoms with Gasteiger partial charge in [-0.1, -0.05) is 23.9 Å².